The number of benzene rings is 1. The number of hydrogen-bond donors (Lipinski definition) is 1. The number of rotatable bonds is 7. The first kappa shape index (κ1) is 19.0. The Morgan fingerprint density at radius 1 is 1.28 bits per heavy atom. The number of para-hydroxylation sites is 1. The number of carbonyl (C=O) groups is 2. The number of anilines is 1. The van der Waals surface area contributed by atoms with Gasteiger partial charge in [0.1, 0.15) is 6.07 Å². The quantitative estimate of drug-likeness (QED) is 0.754. The van der Waals surface area contributed by atoms with Crippen molar-refractivity contribution >= 4 is 17.6 Å². The lowest BCUT2D eigenvalue weighted by Crippen LogP contribution is -2.30. The molecule has 134 valence electrons. The number of carbonyl (C=O) groups excluding carboxylic acids is 2. The van der Waals surface area contributed by atoms with Crippen LogP contribution in [0.2, 0.25) is 0 Å². The Bertz CT molecular complexity index is 630. The fourth-order valence-corrected chi connectivity index (χ4v) is 3.24. The highest BCUT2D eigenvalue weighted by Crippen LogP contribution is 2.27. The van der Waals surface area contributed by atoms with Crippen molar-refractivity contribution in [1.29, 1.82) is 5.26 Å². The molecule has 25 heavy (non-hydrogen) atoms. The van der Waals surface area contributed by atoms with Crippen molar-refractivity contribution < 1.29 is 14.3 Å². The molecule has 0 bridgehead atoms. The van der Waals surface area contributed by atoms with Gasteiger partial charge < -0.3 is 10.1 Å². The van der Waals surface area contributed by atoms with E-state index in [9.17, 15) is 9.59 Å². The van der Waals surface area contributed by atoms with E-state index in [4.69, 9.17) is 10.00 Å². The van der Waals surface area contributed by atoms with Crippen molar-refractivity contribution in [3.05, 3.63) is 29.8 Å². The summed E-state index contributed by atoms with van der Waals surface area (Å²) in [4.78, 5) is 24.1. The molecule has 0 spiro atoms. The maximum atomic E-state index is 12.1. The fourth-order valence-electron chi connectivity index (χ4n) is 3.24. The van der Waals surface area contributed by atoms with Crippen LogP contribution in [0, 0.1) is 17.2 Å². The summed E-state index contributed by atoms with van der Waals surface area (Å²) in [7, 11) is 0. The maximum Gasteiger partial charge on any atom is 0.306 e. The molecule has 1 aromatic rings. The molecule has 1 aliphatic carbocycles. The van der Waals surface area contributed by atoms with Gasteiger partial charge in [-0.05, 0) is 37.8 Å². The number of esters is 1. The number of hydrogen-bond acceptors (Lipinski definition) is 4. The maximum absolute atomic E-state index is 12.1. The molecule has 1 atom stereocenters. The number of amides is 1. The Balaban J connectivity index is 1.72. The second kappa shape index (κ2) is 9.83. The molecule has 2 rings (SSSR count). The molecule has 1 N–H and O–H groups in total. The van der Waals surface area contributed by atoms with Gasteiger partial charge in [-0.2, -0.15) is 5.26 Å². The molecule has 1 aliphatic rings. The molecular weight excluding hydrogens is 316 g/mol. The van der Waals surface area contributed by atoms with Crippen LogP contribution in [0.25, 0.3) is 0 Å². The molecular formula is C20H26N2O3. The molecule has 0 radical (unpaired) electrons. The number of nitrogens with zero attached hydrogens (tertiary/aromatic N) is 1. The van der Waals surface area contributed by atoms with E-state index in [1.54, 1.807) is 31.2 Å². The second-order valence-corrected chi connectivity index (χ2v) is 6.67. The summed E-state index contributed by atoms with van der Waals surface area (Å²) in [6.45, 7) is 1.54. The summed E-state index contributed by atoms with van der Waals surface area (Å²) in [5, 5.41) is 11.7. The van der Waals surface area contributed by atoms with Gasteiger partial charge in [-0.3, -0.25) is 9.59 Å². The van der Waals surface area contributed by atoms with Crippen LogP contribution < -0.4 is 5.32 Å². The first-order chi connectivity index (χ1) is 12.1. The highest BCUT2D eigenvalue weighted by Gasteiger charge is 2.19. The predicted molar refractivity (Wildman–Crippen MR) is 95.8 cm³/mol. The Morgan fingerprint density at radius 3 is 2.72 bits per heavy atom. The van der Waals surface area contributed by atoms with Crippen molar-refractivity contribution in [3.8, 4) is 6.07 Å². The Kier molecular flexibility index (Phi) is 7.46. The van der Waals surface area contributed by atoms with E-state index in [1.807, 2.05) is 6.07 Å². The monoisotopic (exact) mass is 342 g/mol. The minimum Gasteiger partial charge on any atom is -0.453 e. The fraction of sp³-hybridized carbons (Fsp3) is 0.550. The van der Waals surface area contributed by atoms with Gasteiger partial charge in [0.25, 0.3) is 5.91 Å². The van der Waals surface area contributed by atoms with Gasteiger partial charge in [0.05, 0.1) is 11.3 Å². The lowest BCUT2D eigenvalue weighted by Gasteiger charge is -2.21. The SMILES string of the molecule is C[C@@H](OC(=O)CCCC1CCCCC1)C(=O)Nc1ccccc1C#N. The van der Waals surface area contributed by atoms with E-state index in [2.05, 4.69) is 5.32 Å². The summed E-state index contributed by atoms with van der Waals surface area (Å²) < 4.78 is 5.21. The number of nitrogens with one attached hydrogen (secondary N) is 1. The highest BCUT2D eigenvalue weighted by atomic mass is 16.5. The molecule has 0 saturated heterocycles. The minimum absolute atomic E-state index is 0.341. The highest BCUT2D eigenvalue weighted by molar-refractivity contribution is 5.96. The molecule has 0 unspecified atom stereocenters. The molecule has 5 nitrogen and oxygen atoms in total. The summed E-state index contributed by atoms with van der Waals surface area (Å²) in [6, 6.07) is 8.75. The summed E-state index contributed by atoms with van der Waals surface area (Å²) in [6.07, 6.45) is 7.82. The van der Waals surface area contributed by atoms with E-state index < -0.39 is 12.0 Å². The third-order valence-electron chi connectivity index (χ3n) is 4.70. The van der Waals surface area contributed by atoms with Gasteiger partial charge in [-0.1, -0.05) is 44.2 Å². The number of ether oxygens (including phenoxy) is 1. The molecule has 1 amide bonds. The van der Waals surface area contributed by atoms with Gasteiger partial charge in [0, 0.05) is 6.42 Å². The van der Waals surface area contributed by atoms with Crippen LogP contribution in [-0.4, -0.2) is 18.0 Å². The Morgan fingerprint density at radius 2 is 2.00 bits per heavy atom. The van der Waals surface area contributed by atoms with Crippen LogP contribution in [0.15, 0.2) is 24.3 Å². The molecule has 1 saturated carbocycles. The zero-order chi connectivity index (χ0) is 18.1. The van der Waals surface area contributed by atoms with Crippen molar-refractivity contribution in [2.75, 3.05) is 5.32 Å². The lowest BCUT2D eigenvalue weighted by atomic mass is 9.86. The van der Waals surface area contributed by atoms with E-state index in [-0.39, 0.29) is 5.97 Å². The number of nitriles is 1. The Labute approximate surface area is 149 Å². The molecule has 1 fully saturated rings. The molecule has 0 aliphatic heterocycles. The zero-order valence-corrected chi connectivity index (χ0v) is 14.8. The van der Waals surface area contributed by atoms with Crippen molar-refractivity contribution in [3.63, 3.8) is 0 Å². The normalized spacial score (nSPS) is 15.8. The third-order valence-corrected chi connectivity index (χ3v) is 4.70. The Hall–Kier alpha value is -2.35. The lowest BCUT2D eigenvalue weighted by molar-refractivity contribution is -0.153. The largest absolute Gasteiger partial charge is 0.453 e. The average molecular weight is 342 g/mol. The average Bonchev–Trinajstić information content (AvgIpc) is 2.63. The van der Waals surface area contributed by atoms with Gasteiger partial charge in [-0.15, -0.1) is 0 Å². The van der Waals surface area contributed by atoms with E-state index in [0.29, 0.717) is 17.7 Å². The second-order valence-electron chi connectivity index (χ2n) is 6.67. The van der Waals surface area contributed by atoms with Crippen LogP contribution in [-0.2, 0) is 14.3 Å². The van der Waals surface area contributed by atoms with Crippen LogP contribution in [0.3, 0.4) is 0 Å². The third kappa shape index (κ3) is 6.22. The molecule has 5 heteroatoms. The predicted octanol–water partition coefficient (Wildman–Crippen LogP) is 4.18. The summed E-state index contributed by atoms with van der Waals surface area (Å²) in [5.41, 5.74) is 0.803. The molecule has 1 aromatic carbocycles. The van der Waals surface area contributed by atoms with Crippen LogP contribution in [0.5, 0.6) is 0 Å². The molecule has 0 aromatic heterocycles. The summed E-state index contributed by atoms with van der Waals surface area (Å²) in [5.74, 6) is -0.0277. The van der Waals surface area contributed by atoms with Crippen molar-refractivity contribution in [2.45, 2.75) is 64.4 Å². The summed E-state index contributed by atoms with van der Waals surface area (Å²) >= 11 is 0. The van der Waals surface area contributed by atoms with Gasteiger partial charge >= 0.3 is 5.97 Å². The van der Waals surface area contributed by atoms with Gasteiger partial charge in [0.15, 0.2) is 6.10 Å². The first-order valence-corrected chi connectivity index (χ1v) is 9.09. The van der Waals surface area contributed by atoms with Crippen molar-refractivity contribution in [2.24, 2.45) is 5.92 Å². The zero-order valence-electron chi connectivity index (χ0n) is 14.8. The smallest absolute Gasteiger partial charge is 0.306 e. The van der Waals surface area contributed by atoms with E-state index in [1.165, 1.54) is 32.1 Å². The first-order valence-electron chi connectivity index (χ1n) is 9.09. The van der Waals surface area contributed by atoms with Crippen molar-refractivity contribution in [1.82, 2.24) is 0 Å². The van der Waals surface area contributed by atoms with Crippen LogP contribution in [0.4, 0.5) is 5.69 Å². The van der Waals surface area contributed by atoms with Crippen LogP contribution in [0.1, 0.15) is 63.9 Å². The topological polar surface area (TPSA) is 79.2 Å². The van der Waals surface area contributed by atoms with Gasteiger partial charge in [-0.25, -0.2) is 0 Å². The van der Waals surface area contributed by atoms with Gasteiger partial charge in [0.2, 0.25) is 0 Å². The van der Waals surface area contributed by atoms with E-state index >= 15 is 0 Å². The van der Waals surface area contributed by atoms with E-state index in [0.717, 1.165) is 18.8 Å². The van der Waals surface area contributed by atoms with Crippen LogP contribution >= 0.6 is 0 Å². The molecule has 0 heterocycles. The standard InChI is InChI=1S/C20H26N2O3/c1-15(20(24)22-18-12-6-5-11-17(18)14-21)25-19(23)13-7-10-16-8-3-2-4-9-16/h5-6,11-12,15-16H,2-4,7-10,13H2,1H3,(H,22,24)/t15-/m1/s1. The minimum atomic E-state index is -0.881.